The number of nitrogens with zero attached hydrogens (tertiary/aromatic N) is 1. The Hall–Kier alpha value is -3.29. The Bertz CT molecular complexity index is 908. The second kappa shape index (κ2) is 6.55. The Balaban J connectivity index is 1.80. The Morgan fingerprint density at radius 1 is 0.962 bits per heavy atom. The van der Waals surface area contributed by atoms with Crippen molar-refractivity contribution in [2.75, 3.05) is 10.6 Å². The van der Waals surface area contributed by atoms with E-state index in [1.165, 1.54) is 24.3 Å². The number of halogens is 2. The van der Waals surface area contributed by atoms with Gasteiger partial charge in [-0.2, -0.15) is 0 Å². The van der Waals surface area contributed by atoms with Crippen LogP contribution in [0, 0.1) is 11.6 Å². The molecule has 0 bridgehead atoms. The fourth-order valence-corrected chi connectivity index (χ4v) is 2.70. The van der Waals surface area contributed by atoms with Gasteiger partial charge in [-0.05, 0) is 44.2 Å². The van der Waals surface area contributed by atoms with Crippen LogP contribution in [-0.2, 0) is 0 Å². The van der Waals surface area contributed by atoms with Crippen LogP contribution in [0.3, 0.4) is 0 Å². The molecule has 1 aliphatic rings. The molecule has 1 aliphatic heterocycles. The van der Waals surface area contributed by atoms with Gasteiger partial charge in [0.25, 0.3) is 11.8 Å². The topological polar surface area (TPSA) is 78.5 Å². The predicted octanol–water partition coefficient (Wildman–Crippen LogP) is 3.61. The molecule has 4 amide bonds. The third kappa shape index (κ3) is 3.01. The summed E-state index contributed by atoms with van der Waals surface area (Å²) in [6.45, 7) is 3.44. The standard InChI is InChI=1S/C18H15F2N3O3/c1-9(2)23-16(24)11-7-6-10(8-12(11)17(23)25)21-18(26)22-15-13(19)4-3-5-14(15)20/h3-9H,1-2H3,(H2,21,22,26). The molecule has 0 unspecified atom stereocenters. The van der Waals surface area contributed by atoms with Gasteiger partial charge in [-0.15, -0.1) is 0 Å². The van der Waals surface area contributed by atoms with Crippen LogP contribution in [0.4, 0.5) is 25.0 Å². The van der Waals surface area contributed by atoms with E-state index >= 15 is 0 Å². The fourth-order valence-electron chi connectivity index (χ4n) is 2.70. The maximum absolute atomic E-state index is 13.6. The molecule has 2 aromatic rings. The van der Waals surface area contributed by atoms with Gasteiger partial charge in [-0.1, -0.05) is 6.07 Å². The van der Waals surface area contributed by atoms with Crippen LogP contribution < -0.4 is 10.6 Å². The van der Waals surface area contributed by atoms with Crippen molar-refractivity contribution >= 4 is 29.2 Å². The van der Waals surface area contributed by atoms with Gasteiger partial charge in [-0.3, -0.25) is 14.5 Å². The van der Waals surface area contributed by atoms with Crippen LogP contribution in [0.1, 0.15) is 34.6 Å². The fraction of sp³-hybridized carbons (Fsp3) is 0.167. The molecule has 0 atom stereocenters. The summed E-state index contributed by atoms with van der Waals surface area (Å²) in [4.78, 5) is 37.7. The van der Waals surface area contributed by atoms with Crippen LogP contribution in [-0.4, -0.2) is 28.8 Å². The number of hydrogen-bond donors (Lipinski definition) is 2. The molecule has 0 saturated heterocycles. The molecule has 0 spiro atoms. The molecule has 0 fully saturated rings. The third-order valence-electron chi connectivity index (χ3n) is 3.89. The number of para-hydroxylation sites is 1. The largest absolute Gasteiger partial charge is 0.323 e. The number of rotatable bonds is 3. The molecule has 3 rings (SSSR count). The summed E-state index contributed by atoms with van der Waals surface area (Å²) >= 11 is 0. The summed E-state index contributed by atoms with van der Waals surface area (Å²) in [7, 11) is 0. The van der Waals surface area contributed by atoms with E-state index in [0.29, 0.717) is 0 Å². The Morgan fingerprint density at radius 3 is 2.19 bits per heavy atom. The molecule has 2 N–H and O–H groups in total. The Labute approximate surface area is 147 Å². The number of anilines is 2. The minimum Gasteiger partial charge on any atom is -0.308 e. The van der Waals surface area contributed by atoms with Crippen molar-refractivity contribution in [1.29, 1.82) is 0 Å². The van der Waals surface area contributed by atoms with Crippen molar-refractivity contribution in [2.45, 2.75) is 19.9 Å². The first kappa shape index (κ1) is 17.5. The van der Waals surface area contributed by atoms with Crippen molar-refractivity contribution in [2.24, 2.45) is 0 Å². The zero-order valence-electron chi connectivity index (χ0n) is 14.0. The average molecular weight is 359 g/mol. The summed E-state index contributed by atoms with van der Waals surface area (Å²) < 4.78 is 27.1. The Morgan fingerprint density at radius 2 is 1.58 bits per heavy atom. The first-order valence-electron chi connectivity index (χ1n) is 7.83. The summed E-state index contributed by atoms with van der Waals surface area (Å²) in [5.74, 6) is -2.68. The smallest absolute Gasteiger partial charge is 0.308 e. The van der Waals surface area contributed by atoms with Crippen molar-refractivity contribution in [1.82, 2.24) is 4.90 Å². The van der Waals surface area contributed by atoms with Gasteiger partial charge in [0.05, 0.1) is 11.1 Å². The van der Waals surface area contributed by atoms with Gasteiger partial charge in [0.1, 0.15) is 17.3 Å². The average Bonchev–Trinajstić information content (AvgIpc) is 2.82. The van der Waals surface area contributed by atoms with Crippen molar-refractivity contribution in [3.05, 3.63) is 59.2 Å². The van der Waals surface area contributed by atoms with E-state index in [4.69, 9.17) is 0 Å². The van der Waals surface area contributed by atoms with Crippen LogP contribution in [0.5, 0.6) is 0 Å². The van der Waals surface area contributed by atoms with Gasteiger partial charge in [0.2, 0.25) is 0 Å². The summed E-state index contributed by atoms with van der Waals surface area (Å²) in [6, 6.07) is 6.24. The molecule has 0 saturated carbocycles. The lowest BCUT2D eigenvalue weighted by molar-refractivity contribution is 0.0609. The quantitative estimate of drug-likeness (QED) is 0.822. The van der Waals surface area contributed by atoms with Crippen molar-refractivity contribution in [3.8, 4) is 0 Å². The molecule has 1 heterocycles. The van der Waals surface area contributed by atoms with E-state index in [1.807, 2.05) is 0 Å². The normalized spacial score (nSPS) is 13.2. The molecule has 8 heteroatoms. The monoisotopic (exact) mass is 359 g/mol. The number of urea groups is 1. The number of benzene rings is 2. The first-order chi connectivity index (χ1) is 12.3. The highest BCUT2D eigenvalue weighted by atomic mass is 19.1. The zero-order chi connectivity index (χ0) is 19.0. The first-order valence-corrected chi connectivity index (χ1v) is 7.83. The maximum Gasteiger partial charge on any atom is 0.323 e. The lowest BCUT2D eigenvalue weighted by Crippen LogP contribution is -2.35. The molecule has 0 aromatic heterocycles. The number of imide groups is 1. The SMILES string of the molecule is CC(C)N1C(=O)c2ccc(NC(=O)Nc3c(F)cccc3F)cc2C1=O. The van der Waals surface area contributed by atoms with E-state index in [0.717, 1.165) is 17.0 Å². The third-order valence-corrected chi connectivity index (χ3v) is 3.89. The summed E-state index contributed by atoms with van der Waals surface area (Å²) in [6.07, 6.45) is 0. The number of carbonyl (C=O) groups excluding carboxylic acids is 3. The van der Waals surface area contributed by atoms with Gasteiger partial charge in [0, 0.05) is 11.7 Å². The molecule has 0 aliphatic carbocycles. The lowest BCUT2D eigenvalue weighted by atomic mass is 10.1. The number of nitrogens with one attached hydrogen (secondary N) is 2. The highest BCUT2D eigenvalue weighted by molar-refractivity contribution is 6.22. The summed E-state index contributed by atoms with van der Waals surface area (Å²) in [5, 5.41) is 4.47. The van der Waals surface area contributed by atoms with Gasteiger partial charge < -0.3 is 10.6 Å². The predicted molar refractivity (Wildman–Crippen MR) is 91.1 cm³/mol. The molecule has 26 heavy (non-hydrogen) atoms. The van der Waals surface area contributed by atoms with E-state index in [9.17, 15) is 23.2 Å². The van der Waals surface area contributed by atoms with Gasteiger partial charge in [0.15, 0.2) is 0 Å². The van der Waals surface area contributed by atoms with E-state index in [1.54, 1.807) is 13.8 Å². The highest BCUT2D eigenvalue weighted by Crippen LogP contribution is 2.27. The number of fused-ring (bicyclic) bond motifs is 1. The number of carbonyl (C=O) groups is 3. The van der Waals surface area contributed by atoms with Gasteiger partial charge in [-0.25, -0.2) is 13.6 Å². The highest BCUT2D eigenvalue weighted by Gasteiger charge is 2.37. The van der Waals surface area contributed by atoms with E-state index in [-0.39, 0.29) is 22.9 Å². The second-order valence-corrected chi connectivity index (χ2v) is 6.01. The van der Waals surface area contributed by atoms with Crippen LogP contribution in [0.15, 0.2) is 36.4 Å². The van der Waals surface area contributed by atoms with Crippen LogP contribution in [0.2, 0.25) is 0 Å². The van der Waals surface area contributed by atoms with E-state index in [2.05, 4.69) is 10.6 Å². The van der Waals surface area contributed by atoms with Crippen LogP contribution in [0.25, 0.3) is 0 Å². The minimum absolute atomic E-state index is 0.165. The number of hydrogen-bond acceptors (Lipinski definition) is 3. The van der Waals surface area contributed by atoms with Crippen LogP contribution >= 0.6 is 0 Å². The zero-order valence-corrected chi connectivity index (χ0v) is 14.0. The van der Waals surface area contributed by atoms with Gasteiger partial charge >= 0.3 is 6.03 Å². The van der Waals surface area contributed by atoms with Crippen molar-refractivity contribution < 1.29 is 23.2 Å². The minimum atomic E-state index is -0.914. The molecule has 6 nitrogen and oxygen atoms in total. The molecular weight excluding hydrogens is 344 g/mol. The molecule has 134 valence electrons. The Kier molecular flexibility index (Phi) is 4.41. The molecule has 0 radical (unpaired) electrons. The molecular formula is C18H15F2N3O3. The van der Waals surface area contributed by atoms with Crippen molar-refractivity contribution in [3.63, 3.8) is 0 Å². The maximum atomic E-state index is 13.6. The second-order valence-electron chi connectivity index (χ2n) is 6.01. The molecule has 2 aromatic carbocycles. The lowest BCUT2D eigenvalue weighted by Gasteiger charge is -2.17. The summed E-state index contributed by atoms with van der Waals surface area (Å²) in [5.41, 5.74) is 0.0431. The van der Waals surface area contributed by atoms with E-state index < -0.39 is 35.2 Å². The number of amides is 4.